The fourth-order valence-electron chi connectivity index (χ4n) is 6.78. The number of hydrogen-bond acceptors (Lipinski definition) is 6. The molecule has 0 radical (unpaired) electrons. The summed E-state index contributed by atoms with van der Waals surface area (Å²) in [4.78, 5) is 27.0. The molecule has 3 aliphatic rings. The maximum atomic E-state index is 14.3. The Balaban J connectivity index is 2.11. The summed E-state index contributed by atoms with van der Waals surface area (Å²) in [5.41, 5.74) is -1.60. The molecule has 0 aromatic rings. The lowest BCUT2D eigenvalue weighted by Crippen LogP contribution is -2.58. The van der Waals surface area contributed by atoms with Gasteiger partial charge in [-0.15, -0.1) is 6.58 Å². The third kappa shape index (κ3) is 5.61. The van der Waals surface area contributed by atoms with Crippen LogP contribution in [0.5, 0.6) is 0 Å². The number of cyclic esters (lactones) is 1. The van der Waals surface area contributed by atoms with Gasteiger partial charge in [0.05, 0.1) is 13.0 Å². The van der Waals surface area contributed by atoms with Crippen LogP contribution in [-0.2, 0) is 27.9 Å². The molecule has 8 heteroatoms. The van der Waals surface area contributed by atoms with Crippen LogP contribution in [0, 0.1) is 11.8 Å². The number of allylic oxidation sites excluding steroid dienone is 1. The molecule has 0 N–H and O–H groups in total. The average molecular weight is 567 g/mol. The molecule has 0 bridgehead atoms. The SMILES string of the molecule is C=C(C)CC[C@]12C[C@]3(O[Si](CC)(CC)CC)C(=O)O[C@@](C)(CO[Si](C)(C)C(C)(C)C)[C@@H]3CC[C@H]1CC(=O)O2. The highest BCUT2D eigenvalue weighted by atomic mass is 28.4. The van der Waals surface area contributed by atoms with Gasteiger partial charge in [-0.3, -0.25) is 4.79 Å². The van der Waals surface area contributed by atoms with E-state index in [2.05, 4.69) is 68.1 Å². The van der Waals surface area contributed by atoms with Crippen molar-refractivity contribution in [3.05, 3.63) is 12.2 Å². The average Bonchev–Trinajstić information content (AvgIpc) is 3.17. The van der Waals surface area contributed by atoms with Gasteiger partial charge in [-0.05, 0) is 75.8 Å². The maximum absolute atomic E-state index is 14.3. The minimum atomic E-state index is -2.25. The van der Waals surface area contributed by atoms with E-state index in [0.29, 0.717) is 25.9 Å². The summed E-state index contributed by atoms with van der Waals surface area (Å²) >= 11 is 0. The minimum Gasteiger partial charge on any atom is -0.459 e. The second-order valence-electron chi connectivity index (χ2n) is 14.2. The Labute approximate surface area is 233 Å². The van der Waals surface area contributed by atoms with Gasteiger partial charge in [0.2, 0.25) is 0 Å². The summed E-state index contributed by atoms with van der Waals surface area (Å²) in [7, 11) is -4.32. The first kappa shape index (κ1) is 31.6. The van der Waals surface area contributed by atoms with Crippen molar-refractivity contribution in [2.75, 3.05) is 6.61 Å². The van der Waals surface area contributed by atoms with Crippen molar-refractivity contribution in [1.29, 1.82) is 0 Å². The van der Waals surface area contributed by atoms with Crippen LogP contribution in [0.4, 0.5) is 0 Å². The van der Waals surface area contributed by atoms with E-state index in [4.69, 9.17) is 18.3 Å². The lowest BCUT2D eigenvalue weighted by molar-refractivity contribution is -0.168. The zero-order chi connectivity index (χ0) is 28.8. The predicted molar refractivity (Wildman–Crippen MR) is 157 cm³/mol. The number of fused-ring (bicyclic) bond motifs is 2. The Bertz CT molecular complexity index is 914. The molecule has 0 spiro atoms. The first-order chi connectivity index (χ1) is 17.4. The van der Waals surface area contributed by atoms with Crippen LogP contribution < -0.4 is 0 Å². The van der Waals surface area contributed by atoms with Crippen LogP contribution in [0.3, 0.4) is 0 Å². The van der Waals surface area contributed by atoms with Gasteiger partial charge >= 0.3 is 11.9 Å². The molecule has 6 nitrogen and oxygen atoms in total. The minimum absolute atomic E-state index is 0.0511. The number of carbonyl (C=O) groups excluding carboxylic acids is 2. The van der Waals surface area contributed by atoms with Gasteiger partial charge in [0, 0.05) is 18.3 Å². The molecule has 2 heterocycles. The fourth-order valence-corrected chi connectivity index (χ4v) is 10.9. The summed E-state index contributed by atoms with van der Waals surface area (Å²) < 4.78 is 26.6. The molecule has 1 saturated carbocycles. The molecule has 0 aromatic heterocycles. The molecule has 0 unspecified atom stereocenters. The van der Waals surface area contributed by atoms with Crippen LogP contribution in [0.2, 0.25) is 36.3 Å². The van der Waals surface area contributed by atoms with Gasteiger partial charge in [-0.2, -0.15) is 0 Å². The van der Waals surface area contributed by atoms with Crippen molar-refractivity contribution in [2.24, 2.45) is 11.8 Å². The molecular formula is C30H54O6Si2. The van der Waals surface area contributed by atoms with Crippen molar-refractivity contribution in [1.82, 2.24) is 0 Å². The first-order valence-electron chi connectivity index (χ1n) is 14.9. The summed E-state index contributed by atoms with van der Waals surface area (Å²) in [6.07, 6.45) is 3.76. The number of ether oxygens (including phenoxy) is 2. The van der Waals surface area contributed by atoms with Gasteiger partial charge in [-0.1, -0.05) is 47.1 Å². The smallest absolute Gasteiger partial charge is 0.338 e. The molecule has 1 aliphatic carbocycles. The topological polar surface area (TPSA) is 71.1 Å². The van der Waals surface area contributed by atoms with Crippen molar-refractivity contribution >= 4 is 28.6 Å². The molecular weight excluding hydrogens is 512 g/mol. The molecule has 3 fully saturated rings. The zero-order valence-electron chi connectivity index (χ0n) is 25.9. The molecule has 3 rings (SSSR count). The van der Waals surface area contributed by atoms with Crippen molar-refractivity contribution in [2.45, 2.75) is 147 Å². The first-order valence-corrected chi connectivity index (χ1v) is 20.3. The zero-order valence-corrected chi connectivity index (χ0v) is 27.9. The van der Waals surface area contributed by atoms with E-state index in [-0.39, 0.29) is 28.8 Å². The molecule has 0 aromatic carbocycles. The molecule has 0 amide bonds. The molecule has 38 heavy (non-hydrogen) atoms. The van der Waals surface area contributed by atoms with Gasteiger partial charge < -0.3 is 18.3 Å². The molecule has 218 valence electrons. The second kappa shape index (κ2) is 10.8. The van der Waals surface area contributed by atoms with E-state index in [1.165, 1.54) is 0 Å². The van der Waals surface area contributed by atoms with E-state index in [0.717, 1.165) is 43.0 Å². The Morgan fingerprint density at radius 2 is 1.68 bits per heavy atom. The van der Waals surface area contributed by atoms with E-state index in [1.807, 2.05) is 6.92 Å². The van der Waals surface area contributed by atoms with Crippen LogP contribution >= 0.6 is 0 Å². The number of carbonyl (C=O) groups is 2. The Morgan fingerprint density at radius 3 is 2.21 bits per heavy atom. The third-order valence-corrected chi connectivity index (χ3v) is 19.8. The van der Waals surface area contributed by atoms with Gasteiger partial charge in [0.1, 0.15) is 11.2 Å². The largest absolute Gasteiger partial charge is 0.459 e. The van der Waals surface area contributed by atoms with E-state index in [9.17, 15) is 9.59 Å². The standard InChI is InChI=1S/C30H54O6Si2/c1-12-38(13-2,14-3)36-30-20-29(18-17-22(4)5)23(19-25(31)34-29)15-16-24(30)28(9,35-26(30)32)21-33-37(10,11)27(6,7)8/h23-24H,4,12-21H2,1-3,5-11H3/t23-,24-,28-,29-,30+/m0/s1. The summed E-state index contributed by atoms with van der Waals surface area (Å²) in [6, 6.07) is 2.79. The lowest BCUT2D eigenvalue weighted by atomic mass is 9.72. The highest BCUT2D eigenvalue weighted by molar-refractivity contribution is 6.74. The van der Waals surface area contributed by atoms with E-state index >= 15 is 0 Å². The van der Waals surface area contributed by atoms with E-state index in [1.54, 1.807) is 0 Å². The number of esters is 2. The predicted octanol–water partition coefficient (Wildman–Crippen LogP) is 7.54. The quantitative estimate of drug-likeness (QED) is 0.146. The summed E-state index contributed by atoms with van der Waals surface area (Å²) in [5, 5.41) is 0.0511. The van der Waals surface area contributed by atoms with Crippen molar-refractivity contribution in [3.8, 4) is 0 Å². The fraction of sp³-hybridized carbons (Fsp3) is 0.867. The van der Waals surface area contributed by atoms with Crippen LogP contribution in [0.25, 0.3) is 0 Å². The normalized spacial score (nSPS) is 33.8. The van der Waals surface area contributed by atoms with Crippen molar-refractivity contribution in [3.63, 3.8) is 0 Å². The highest BCUT2D eigenvalue weighted by Gasteiger charge is 2.71. The lowest BCUT2D eigenvalue weighted by Gasteiger charge is -2.45. The Hall–Kier alpha value is -0.966. The van der Waals surface area contributed by atoms with Crippen LogP contribution in [-0.4, -0.2) is 52.0 Å². The van der Waals surface area contributed by atoms with Gasteiger partial charge in [-0.25, -0.2) is 4.79 Å². The second-order valence-corrected chi connectivity index (χ2v) is 23.7. The monoisotopic (exact) mass is 566 g/mol. The highest BCUT2D eigenvalue weighted by Crippen LogP contribution is 2.59. The van der Waals surface area contributed by atoms with Crippen LogP contribution in [0.1, 0.15) is 93.9 Å². The Morgan fingerprint density at radius 1 is 1.08 bits per heavy atom. The third-order valence-electron chi connectivity index (χ3n) is 10.6. The van der Waals surface area contributed by atoms with Crippen LogP contribution in [0.15, 0.2) is 12.2 Å². The Kier molecular flexibility index (Phi) is 8.96. The number of hydrogen-bond donors (Lipinski definition) is 0. The summed E-state index contributed by atoms with van der Waals surface area (Å²) in [5.74, 6) is -0.533. The maximum Gasteiger partial charge on any atom is 0.338 e. The van der Waals surface area contributed by atoms with Gasteiger partial charge in [0.25, 0.3) is 0 Å². The molecule has 2 aliphatic heterocycles. The van der Waals surface area contributed by atoms with Gasteiger partial charge in [0.15, 0.2) is 22.2 Å². The van der Waals surface area contributed by atoms with Crippen molar-refractivity contribution < 1.29 is 27.9 Å². The molecule has 5 atom stereocenters. The molecule has 2 saturated heterocycles. The summed E-state index contributed by atoms with van der Waals surface area (Å²) in [6.45, 7) is 26.3. The van der Waals surface area contributed by atoms with E-state index < -0.39 is 33.4 Å². The number of rotatable bonds is 11.